The van der Waals surface area contributed by atoms with Crippen molar-refractivity contribution in [2.75, 3.05) is 29.9 Å². The first-order valence-corrected chi connectivity index (χ1v) is 7.99. The van der Waals surface area contributed by atoms with E-state index in [2.05, 4.69) is 41.4 Å². The highest BCUT2D eigenvalue weighted by molar-refractivity contribution is 5.58. The van der Waals surface area contributed by atoms with Gasteiger partial charge < -0.3 is 10.2 Å². The summed E-state index contributed by atoms with van der Waals surface area (Å²) in [5.41, 5.74) is 2.66. The Hall–Kier alpha value is -1.18. The molecule has 1 fully saturated rings. The zero-order valence-corrected chi connectivity index (χ0v) is 12.3. The van der Waals surface area contributed by atoms with Crippen LogP contribution in [0.25, 0.3) is 0 Å². The van der Waals surface area contributed by atoms with Gasteiger partial charge in [-0.15, -0.1) is 0 Å². The van der Waals surface area contributed by atoms with Gasteiger partial charge in [0.2, 0.25) is 0 Å². The molecule has 0 atom stereocenters. The predicted molar refractivity (Wildman–Crippen MR) is 85.1 cm³/mol. The van der Waals surface area contributed by atoms with Gasteiger partial charge in [-0.1, -0.05) is 38.7 Å². The summed E-state index contributed by atoms with van der Waals surface area (Å²) < 4.78 is 0. The van der Waals surface area contributed by atoms with Crippen molar-refractivity contribution in [3.05, 3.63) is 24.3 Å². The Morgan fingerprint density at radius 1 is 1.05 bits per heavy atom. The van der Waals surface area contributed by atoms with Crippen LogP contribution in [0, 0.1) is 0 Å². The van der Waals surface area contributed by atoms with E-state index in [1.807, 2.05) is 0 Å². The first-order valence-electron chi connectivity index (χ1n) is 7.99. The van der Waals surface area contributed by atoms with Gasteiger partial charge in [0.1, 0.15) is 0 Å². The highest BCUT2D eigenvalue weighted by Crippen LogP contribution is 2.23. The molecule has 0 aromatic heterocycles. The van der Waals surface area contributed by atoms with Crippen molar-refractivity contribution in [3.63, 3.8) is 0 Å². The van der Waals surface area contributed by atoms with Crippen molar-refractivity contribution in [1.29, 1.82) is 0 Å². The Morgan fingerprint density at radius 3 is 2.63 bits per heavy atom. The maximum absolute atomic E-state index is 3.56. The summed E-state index contributed by atoms with van der Waals surface area (Å²) in [7, 11) is 0. The summed E-state index contributed by atoms with van der Waals surface area (Å²) in [4.78, 5) is 2.49. The summed E-state index contributed by atoms with van der Waals surface area (Å²) in [5.74, 6) is 0. The molecule has 1 saturated heterocycles. The number of anilines is 2. The van der Waals surface area contributed by atoms with E-state index in [9.17, 15) is 0 Å². The first kappa shape index (κ1) is 14.2. The molecular formula is C17H28N2. The molecular weight excluding hydrogens is 232 g/mol. The molecule has 1 aromatic rings. The van der Waals surface area contributed by atoms with Crippen LogP contribution in [0.15, 0.2) is 24.3 Å². The third kappa shape index (κ3) is 4.77. The lowest BCUT2D eigenvalue weighted by Crippen LogP contribution is -2.17. The van der Waals surface area contributed by atoms with Crippen LogP contribution >= 0.6 is 0 Å². The molecule has 0 unspecified atom stereocenters. The Labute approximate surface area is 118 Å². The van der Waals surface area contributed by atoms with E-state index in [0.29, 0.717) is 0 Å². The third-order valence-corrected chi connectivity index (χ3v) is 3.93. The smallest absolute Gasteiger partial charge is 0.0386 e. The standard InChI is InChI=1S/C17H28N2/c1-2-3-4-5-6-12-18-16-10-9-11-17(15-16)19-13-7-8-14-19/h9-11,15,18H,2-8,12-14H2,1H3. The van der Waals surface area contributed by atoms with Gasteiger partial charge in [0.25, 0.3) is 0 Å². The van der Waals surface area contributed by atoms with Crippen LogP contribution < -0.4 is 10.2 Å². The van der Waals surface area contributed by atoms with Gasteiger partial charge >= 0.3 is 0 Å². The van der Waals surface area contributed by atoms with Crippen molar-refractivity contribution >= 4 is 11.4 Å². The SMILES string of the molecule is CCCCCCCNc1cccc(N2CCCC2)c1. The molecule has 0 bridgehead atoms. The minimum absolute atomic E-state index is 1.10. The van der Waals surface area contributed by atoms with Crippen LogP contribution in [0.1, 0.15) is 51.9 Å². The Kier molecular flexibility index (Phi) is 6.06. The number of benzene rings is 1. The summed E-state index contributed by atoms with van der Waals surface area (Å²) in [6, 6.07) is 8.90. The van der Waals surface area contributed by atoms with Crippen molar-refractivity contribution in [3.8, 4) is 0 Å². The topological polar surface area (TPSA) is 15.3 Å². The lowest BCUT2D eigenvalue weighted by atomic mass is 10.1. The Morgan fingerprint density at radius 2 is 1.84 bits per heavy atom. The molecule has 1 aliphatic heterocycles. The second-order valence-electron chi connectivity index (χ2n) is 5.59. The summed E-state index contributed by atoms with van der Waals surface area (Å²) in [6.45, 7) is 5.82. The Bertz CT molecular complexity index is 356. The van der Waals surface area contributed by atoms with Crippen molar-refractivity contribution < 1.29 is 0 Å². The second kappa shape index (κ2) is 8.08. The lowest BCUT2D eigenvalue weighted by Gasteiger charge is -2.18. The number of hydrogen-bond donors (Lipinski definition) is 1. The molecule has 106 valence electrons. The van der Waals surface area contributed by atoms with E-state index in [0.717, 1.165) is 6.54 Å². The molecule has 0 aliphatic carbocycles. The van der Waals surface area contributed by atoms with Crippen LogP contribution in [0.5, 0.6) is 0 Å². The normalized spacial score (nSPS) is 14.9. The minimum Gasteiger partial charge on any atom is -0.385 e. The quantitative estimate of drug-likeness (QED) is 0.683. The molecule has 19 heavy (non-hydrogen) atoms. The third-order valence-electron chi connectivity index (χ3n) is 3.93. The van der Waals surface area contributed by atoms with Gasteiger partial charge in [0, 0.05) is 31.0 Å². The van der Waals surface area contributed by atoms with Gasteiger partial charge in [-0.3, -0.25) is 0 Å². The molecule has 0 spiro atoms. The van der Waals surface area contributed by atoms with Crippen molar-refractivity contribution in [2.45, 2.75) is 51.9 Å². The number of unbranched alkanes of at least 4 members (excludes halogenated alkanes) is 4. The van der Waals surface area contributed by atoms with Gasteiger partial charge in [0.05, 0.1) is 0 Å². The highest BCUT2D eigenvalue weighted by Gasteiger charge is 2.11. The second-order valence-corrected chi connectivity index (χ2v) is 5.59. The zero-order chi connectivity index (χ0) is 13.3. The van der Waals surface area contributed by atoms with E-state index >= 15 is 0 Å². The molecule has 1 N–H and O–H groups in total. The fourth-order valence-corrected chi connectivity index (χ4v) is 2.75. The van der Waals surface area contributed by atoms with Gasteiger partial charge in [0.15, 0.2) is 0 Å². The molecule has 1 heterocycles. The van der Waals surface area contributed by atoms with Gasteiger partial charge in [-0.05, 0) is 37.5 Å². The molecule has 2 rings (SSSR count). The minimum atomic E-state index is 1.10. The molecule has 1 aliphatic rings. The summed E-state index contributed by atoms with van der Waals surface area (Å²) >= 11 is 0. The first-order chi connectivity index (χ1) is 9.40. The van der Waals surface area contributed by atoms with Crippen LogP contribution in [0.4, 0.5) is 11.4 Å². The number of hydrogen-bond acceptors (Lipinski definition) is 2. The molecule has 0 radical (unpaired) electrons. The largest absolute Gasteiger partial charge is 0.385 e. The van der Waals surface area contributed by atoms with E-state index in [-0.39, 0.29) is 0 Å². The van der Waals surface area contributed by atoms with E-state index in [1.165, 1.54) is 69.4 Å². The lowest BCUT2D eigenvalue weighted by molar-refractivity contribution is 0.645. The average molecular weight is 260 g/mol. The molecule has 0 amide bonds. The maximum atomic E-state index is 3.56. The zero-order valence-electron chi connectivity index (χ0n) is 12.3. The van der Waals surface area contributed by atoms with Crippen molar-refractivity contribution in [1.82, 2.24) is 0 Å². The number of nitrogens with one attached hydrogen (secondary N) is 1. The predicted octanol–water partition coefficient (Wildman–Crippen LogP) is 4.67. The van der Waals surface area contributed by atoms with E-state index in [4.69, 9.17) is 0 Å². The van der Waals surface area contributed by atoms with Gasteiger partial charge in [-0.2, -0.15) is 0 Å². The van der Waals surface area contributed by atoms with Crippen LogP contribution in [0.2, 0.25) is 0 Å². The molecule has 1 aromatic carbocycles. The monoisotopic (exact) mass is 260 g/mol. The van der Waals surface area contributed by atoms with Crippen LogP contribution in [-0.4, -0.2) is 19.6 Å². The van der Waals surface area contributed by atoms with Crippen LogP contribution in [-0.2, 0) is 0 Å². The fourth-order valence-electron chi connectivity index (χ4n) is 2.75. The number of rotatable bonds is 8. The molecule has 2 nitrogen and oxygen atoms in total. The maximum Gasteiger partial charge on any atom is 0.0386 e. The summed E-state index contributed by atoms with van der Waals surface area (Å²) in [5, 5.41) is 3.56. The fraction of sp³-hybridized carbons (Fsp3) is 0.647. The van der Waals surface area contributed by atoms with Gasteiger partial charge in [-0.25, -0.2) is 0 Å². The Balaban J connectivity index is 1.72. The summed E-state index contributed by atoms with van der Waals surface area (Å²) in [6.07, 6.45) is 9.41. The number of nitrogens with zero attached hydrogens (tertiary/aromatic N) is 1. The van der Waals surface area contributed by atoms with E-state index in [1.54, 1.807) is 0 Å². The van der Waals surface area contributed by atoms with E-state index < -0.39 is 0 Å². The molecule has 0 saturated carbocycles. The highest BCUT2D eigenvalue weighted by atomic mass is 15.1. The van der Waals surface area contributed by atoms with Crippen LogP contribution in [0.3, 0.4) is 0 Å². The van der Waals surface area contributed by atoms with Crippen molar-refractivity contribution in [2.24, 2.45) is 0 Å². The molecule has 2 heteroatoms. The average Bonchev–Trinajstić information content (AvgIpc) is 2.97.